The minimum atomic E-state index is -1.21. The van der Waals surface area contributed by atoms with Gasteiger partial charge in [-0.25, -0.2) is 9.18 Å². The quantitative estimate of drug-likeness (QED) is 0.475. The van der Waals surface area contributed by atoms with Gasteiger partial charge in [0.1, 0.15) is 11.8 Å². The first kappa shape index (κ1) is 25.8. The number of ether oxygens (including phenoxy) is 2. The van der Waals surface area contributed by atoms with Crippen molar-refractivity contribution < 1.29 is 18.7 Å². The first-order valence-electron chi connectivity index (χ1n) is 11.1. The summed E-state index contributed by atoms with van der Waals surface area (Å²) in [4.78, 5) is 13.8. The summed E-state index contributed by atoms with van der Waals surface area (Å²) >= 11 is 0. The molecule has 1 N–H and O–H groups in total. The molecule has 2 rings (SSSR count). The number of hydrogen-bond donors (Lipinski definition) is 1. The van der Waals surface area contributed by atoms with Gasteiger partial charge in [-0.3, -0.25) is 4.90 Å². The number of benzene rings is 2. The van der Waals surface area contributed by atoms with Gasteiger partial charge in [0.15, 0.2) is 0 Å². The zero-order valence-electron chi connectivity index (χ0n) is 19.9. The van der Waals surface area contributed by atoms with Gasteiger partial charge in [0.05, 0.1) is 12.2 Å². The Kier molecular flexibility index (Phi) is 9.66. The first-order valence-corrected chi connectivity index (χ1v) is 11.1. The summed E-state index contributed by atoms with van der Waals surface area (Å²) in [7, 11) is 0. The smallest absolute Gasteiger partial charge is 0.407 e. The topological polar surface area (TPSA) is 50.8 Å². The van der Waals surface area contributed by atoms with Crippen LogP contribution in [0.4, 0.5) is 9.18 Å². The molecule has 0 spiro atoms. The van der Waals surface area contributed by atoms with E-state index in [1.165, 1.54) is 0 Å². The molecule has 0 aliphatic heterocycles. The Morgan fingerprint density at radius 2 is 1.44 bits per heavy atom. The van der Waals surface area contributed by atoms with Crippen LogP contribution in [-0.4, -0.2) is 48.1 Å². The van der Waals surface area contributed by atoms with Gasteiger partial charge in [-0.05, 0) is 45.7 Å². The maximum absolute atomic E-state index is 15.4. The summed E-state index contributed by atoms with van der Waals surface area (Å²) in [5, 5.41) is 2.64. The Morgan fingerprint density at radius 3 is 1.91 bits per heavy atom. The lowest BCUT2D eigenvalue weighted by molar-refractivity contribution is -0.0788. The molecule has 1 unspecified atom stereocenters. The van der Waals surface area contributed by atoms with Crippen LogP contribution in [0, 0.1) is 0 Å². The first-order chi connectivity index (χ1) is 15.0. The van der Waals surface area contributed by atoms with Gasteiger partial charge < -0.3 is 14.8 Å². The van der Waals surface area contributed by atoms with E-state index in [0.717, 1.165) is 11.1 Å². The molecule has 176 valence electrons. The second-order valence-electron chi connectivity index (χ2n) is 9.49. The van der Waals surface area contributed by atoms with Crippen molar-refractivity contribution in [2.24, 2.45) is 0 Å². The lowest BCUT2D eigenvalue weighted by Crippen LogP contribution is -2.45. The molecular formula is C26H37FN2O3. The van der Waals surface area contributed by atoms with Crippen molar-refractivity contribution in [2.75, 3.05) is 19.7 Å². The van der Waals surface area contributed by atoms with Crippen LogP contribution in [0.5, 0.6) is 0 Å². The van der Waals surface area contributed by atoms with Crippen molar-refractivity contribution in [3.05, 3.63) is 71.8 Å². The fraction of sp³-hybridized carbons (Fsp3) is 0.500. The number of nitrogens with zero attached hydrogens (tertiary/aromatic N) is 1. The number of carbonyl (C=O) groups excluding carboxylic acids is 1. The Bertz CT molecular complexity index is 765. The minimum absolute atomic E-state index is 0.198. The lowest BCUT2D eigenvalue weighted by atomic mass is 10.0. The molecule has 0 aromatic heterocycles. The molecule has 2 aromatic carbocycles. The largest absolute Gasteiger partial charge is 0.444 e. The van der Waals surface area contributed by atoms with E-state index in [2.05, 4.69) is 34.5 Å². The fourth-order valence-electron chi connectivity index (χ4n) is 3.19. The van der Waals surface area contributed by atoms with E-state index in [0.29, 0.717) is 13.1 Å². The second kappa shape index (κ2) is 12.0. The predicted molar refractivity (Wildman–Crippen MR) is 126 cm³/mol. The molecule has 0 fully saturated rings. The van der Waals surface area contributed by atoms with E-state index < -0.39 is 23.5 Å². The van der Waals surface area contributed by atoms with Crippen molar-refractivity contribution in [1.82, 2.24) is 10.2 Å². The molecule has 0 aliphatic rings. The molecule has 1 amide bonds. The van der Waals surface area contributed by atoms with Gasteiger partial charge >= 0.3 is 6.09 Å². The lowest BCUT2D eigenvalue weighted by Gasteiger charge is -2.33. The predicted octanol–water partition coefficient (Wildman–Crippen LogP) is 5.35. The Morgan fingerprint density at radius 1 is 0.938 bits per heavy atom. The maximum atomic E-state index is 15.4. The van der Waals surface area contributed by atoms with Crippen molar-refractivity contribution in [2.45, 2.75) is 65.1 Å². The van der Waals surface area contributed by atoms with Crippen LogP contribution in [0.15, 0.2) is 60.7 Å². The van der Waals surface area contributed by atoms with Crippen LogP contribution in [0.3, 0.4) is 0 Å². The zero-order valence-corrected chi connectivity index (χ0v) is 19.9. The van der Waals surface area contributed by atoms with Gasteiger partial charge in [-0.2, -0.15) is 0 Å². The summed E-state index contributed by atoms with van der Waals surface area (Å²) in [6.07, 6.45) is -1.72. The number of alkyl halides is 1. The SMILES string of the molecule is CC(C)(C)OC(=O)NCCOC(C)(C)C(F)CN(Cc1ccccc1)Cc1ccccc1. The second-order valence-corrected chi connectivity index (χ2v) is 9.49. The van der Waals surface area contributed by atoms with Gasteiger partial charge in [-0.15, -0.1) is 0 Å². The van der Waals surface area contributed by atoms with Crippen LogP contribution in [0.25, 0.3) is 0 Å². The average molecular weight is 445 g/mol. The van der Waals surface area contributed by atoms with E-state index in [1.807, 2.05) is 36.4 Å². The standard InChI is InChI=1S/C26H37FN2O3/c1-25(2,3)32-24(30)28-16-17-31-26(4,5)23(27)20-29(18-21-12-8-6-9-13-21)19-22-14-10-7-11-15-22/h6-15,23H,16-20H2,1-5H3,(H,28,30). The van der Waals surface area contributed by atoms with E-state index in [4.69, 9.17) is 9.47 Å². The highest BCUT2D eigenvalue weighted by atomic mass is 19.1. The molecular weight excluding hydrogens is 407 g/mol. The normalized spacial score (nSPS) is 13.1. The van der Waals surface area contributed by atoms with Crippen LogP contribution >= 0.6 is 0 Å². The fourth-order valence-corrected chi connectivity index (χ4v) is 3.19. The van der Waals surface area contributed by atoms with Crippen molar-refractivity contribution in [3.63, 3.8) is 0 Å². The van der Waals surface area contributed by atoms with Gasteiger partial charge in [0.25, 0.3) is 0 Å². The summed E-state index contributed by atoms with van der Waals surface area (Å²) < 4.78 is 26.4. The molecule has 0 radical (unpaired) electrons. The molecule has 2 aromatic rings. The highest BCUT2D eigenvalue weighted by Crippen LogP contribution is 2.21. The third kappa shape index (κ3) is 9.79. The molecule has 0 heterocycles. The number of hydrogen-bond acceptors (Lipinski definition) is 4. The number of carbonyl (C=O) groups is 1. The van der Waals surface area contributed by atoms with Crippen LogP contribution in [0.2, 0.25) is 0 Å². The van der Waals surface area contributed by atoms with E-state index in [9.17, 15) is 4.79 Å². The van der Waals surface area contributed by atoms with E-state index in [-0.39, 0.29) is 19.7 Å². The third-order valence-corrected chi connectivity index (χ3v) is 4.92. The minimum Gasteiger partial charge on any atom is -0.444 e. The average Bonchev–Trinajstić information content (AvgIpc) is 2.71. The summed E-state index contributed by atoms with van der Waals surface area (Å²) in [6.45, 7) is 10.9. The summed E-state index contributed by atoms with van der Waals surface area (Å²) in [5.74, 6) is 0. The Balaban J connectivity index is 1.91. The summed E-state index contributed by atoms with van der Waals surface area (Å²) in [6, 6.07) is 20.1. The molecule has 0 saturated carbocycles. The third-order valence-electron chi connectivity index (χ3n) is 4.92. The maximum Gasteiger partial charge on any atom is 0.407 e. The van der Waals surface area contributed by atoms with Gasteiger partial charge in [0.2, 0.25) is 0 Å². The van der Waals surface area contributed by atoms with E-state index >= 15 is 4.39 Å². The molecule has 32 heavy (non-hydrogen) atoms. The van der Waals surface area contributed by atoms with Gasteiger partial charge in [-0.1, -0.05) is 60.7 Å². The van der Waals surface area contributed by atoms with Gasteiger partial charge in [0, 0.05) is 26.2 Å². The molecule has 0 aliphatic carbocycles. The van der Waals surface area contributed by atoms with Crippen molar-refractivity contribution >= 4 is 6.09 Å². The Labute approximate surface area is 191 Å². The number of rotatable bonds is 11. The molecule has 0 bridgehead atoms. The zero-order chi connectivity index (χ0) is 23.6. The number of amides is 1. The molecule has 5 nitrogen and oxygen atoms in total. The number of alkyl carbamates (subject to hydrolysis) is 1. The number of nitrogens with one attached hydrogen (secondary N) is 1. The summed E-state index contributed by atoms with van der Waals surface area (Å²) in [5.41, 5.74) is 0.711. The van der Waals surface area contributed by atoms with Crippen LogP contribution in [0.1, 0.15) is 45.7 Å². The van der Waals surface area contributed by atoms with Crippen LogP contribution in [-0.2, 0) is 22.6 Å². The van der Waals surface area contributed by atoms with E-state index in [1.54, 1.807) is 34.6 Å². The molecule has 6 heteroatoms. The number of halogens is 1. The highest BCUT2D eigenvalue weighted by molar-refractivity contribution is 5.67. The Hall–Kier alpha value is -2.44. The van der Waals surface area contributed by atoms with Crippen molar-refractivity contribution in [1.29, 1.82) is 0 Å². The van der Waals surface area contributed by atoms with Crippen molar-refractivity contribution in [3.8, 4) is 0 Å². The molecule has 0 saturated heterocycles. The van der Waals surface area contributed by atoms with Crippen LogP contribution < -0.4 is 5.32 Å². The monoisotopic (exact) mass is 444 g/mol. The highest BCUT2D eigenvalue weighted by Gasteiger charge is 2.32. The molecule has 1 atom stereocenters.